The van der Waals surface area contributed by atoms with Crippen molar-refractivity contribution in [1.82, 2.24) is 4.90 Å². The first-order valence-electron chi connectivity index (χ1n) is 10.9. The second-order valence-corrected chi connectivity index (χ2v) is 9.52. The number of likely N-dealkylation sites (tertiary alicyclic amines) is 1. The monoisotopic (exact) mass is 483 g/mol. The molecular weight excluding hydrogens is 460 g/mol. The molecule has 5 rings (SSSR count). The van der Waals surface area contributed by atoms with Crippen LogP contribution in [0.4, 0.5) is 5.69 Å². The highest BCUT2D eigenvalue weighted by Gasteiger charge is 2.74. The van der Waals surface area contributed by atoms with Gasteiger partial charge in [-0.1, -0.05) is 23.7 Å². The number of quaternary nitrogens is 1. The van der Waals surface area contributed by atoms with Gasteiger partial charge in [-0.15, -0.1) is 0 Å². The van der Waals surface area contributed by atoms with Crippen LogP contribution in [0.5, 0.6) is 5.75 Å². The van der Waals surface area contributed by atoms with Crippen molar-refractivity contribution in [2.45, 2.75) is 31.5 Å². The number of halogens is 1. The van der Waals surface area contributed by atoms with Crippen LogP contribution in [0.1, 0.15) is 23.1 Å². The van der Waals surface area contributed by atoms with Gasteiger partial charge in [-0.2, -0.15) is 0 Å². The molecule has 4 atom stereocenters. The summed E-state index contributed by atoms with van der Waals surface area (Å²) in [6, 6.07) is 9.77. The van der Waals surface area contributed by atoms with Crippen LogP contribution in [-0.2, 0) is 31.3 Å². The van der Waals surface area contributed by atoms with Gasteiger partial charge in [-0.3, -0.25) is 24.1 Å². The molecule has 2 aromatic carbocycles. The van der Waals surface area contributed by atoms with Gasteiger partial charge in [0.2, 0.25) is 23.3 Å². The molecule has 176 valence electrons. The number of hydrogen-bond acceptors (Lipinski definition) is 5. The van der Waals surface area contributed by atoms with Crippen LogP contribution in [0.2, 0.25) is 5.02 Å². The van der Waals surface area contributed by atoms with Crippen molar-refractivity contribution < 1.29 is 29.2 Å². The number of nitrogens with two attached hydrogens (primary N) is 2. The summed E-state index contributed by atoms with van der Waals surface area (Å²) in [6.07, 6.45) is -0.138. The molecule has 10 heteroatoms. The smallest absolute Gasteiger partial charge is 0.291 e. The lowest BCUT2D eigenvalue weighted by Crippen LogP contribution is -2.99. The number of fused-ring (bicyclic) bond motifs is 4. The predicted octanol–water partition coefficient (Wildman–Crippen LogP) is 0.427. The molecule has 9 nitrogen and oxygen atoms in total. The Morgan fingerprint density at radius 1 is 1.21 bits per heavy atom. The van der Waals surface area contributed by atoms with Gasteiger partial charge in [0.1, 0.15) is 23.6 Å². The maximum atomic E-state index is 13.8. The molecule has 2 fully saturated rings. The summed E-state index contributed by atoms with van der Waals surface area (Å²) in [6.45, 7) is 1.87. The first kappa shape index (κ1) is 22.4. The first-order valence-corrected chi connectivity index (χ1v) is 11.3. The van der Waals surface area contributed by atoms with Crippen LogP contribution in [0, 0.1) is 18.8 Å². The third kappa shape index (κ3) is 3.11. The molecule has 1 spiro atoms. The van der Waals surface area contributed by atoms with E-state index in [0.717, 1.165) is 11.1 Å². The fourth-order valence-corrected chi connectivity index (χ4v) is 6.02. The normalized spacial score (nSPS) is 27.2. The summed E-state index contributed by atoms with van der Waals surface area (Å²) >= 11 is 6.33. The number of primary amides is 1. The van der Waals surface area contributed by atoms with Gasteiger partial charge in [0.15, 0.2) is 0 Å². The van der Waals surface area contributed by atoms with E-state index < -0.39 is 47.0 Å². The number of anilines is 1. The van der Waals surface area contributed by atoms with E-state index in [1.54, 1.807) is 48.8 Å². The number of nitrogens with zero attached hydrogens (tertiary/aromatic N) is 1. The molecule has 4 amide bonds. The van der Waals surface area contributed by atoms with E-state index in [1.165, 1.54) is 4.90 Å². The minimum atomic E-state index is -1.41. The third-order valence-electron chi connectivity index (χ3n) is 7.17. The highest BCUT2D eigenvalue weighted by molar-refractivity contribution is 6.31. The van der Waals surface area contributed by atoms with E-state index in [4.69, 9.17) is 22.1 Å². The topological polar surface area (TPSA) is 135 Å². The van der Waals surface area contributed by atoms with Crippen molar-refractivity contribution in [3.8, 4) is 5.75 Å². The van der Waals surface area contributed by atoms with E-state index in [-0.39, 0.29) is 13.0 Å². The van der Waals surface area contributed by atoms with Crippen LogP contribution < -0.4 is 21.1 Å². The maximum Gasteiger partial charge on any atom is 0.291 e. The number of imide groups is 1. The zero-order valence-electron chi connectivity index (χ0n) is 18.6. The molecule has 2 aromatic rings. The lowest BCUT2D eigenvalue weighted by molar-refractivity contribution is -0.732. The molecule has 3 aliphatic rings. The Hall–Kier alpha value is -3.43. The van der Waals surface area contributed by atoms with Gasteiger partial charge >= 0.3 is 0 Å². The van der Waals surface area contributed by atoms with Crippen LogP contribution in [0.25, 0.3) is 0 Å². The first-order chi connectivity index (χ1) is 16.2. The van der Waals surface area contributed by atoms with E-state index in [0.29, 0.717) is 22.0 Å². The Balaban J connectivity index is 1.59. The van der Waals surface area contributed by atoms with Crippen molar-refractivity contribution >= 4 is 40.9 Å². The number of amides is 4. The van der Waals surface area contributed by atoms with E-state index in [1.807, 2.05) is 6.92 Å². The number of rotatable bonds is 5. The third-order valence-corrected chi connectivity index (χ3v) is 7.39. The zero-order valence-corrected chi connectivity index (χ0v) is 19.4. The van der Waals surface area contributed by atoms with Crippen molar-refractivity contribution in [3.63, 3.8) is 0 Å². The minimum absolute atomic E-state index is 0.0527. The molecule has 0 unspecified atom stereocenters. The second kappa shape index (κ2) is 7.82. The molecule has 34 heavy (non-hydrogen) atoms. The van der Waals surface area contributed by atoms with Crippen LogP contribution in [-0.4, -0.2) is 41.7 Å². The van der Waals surface area contributed by atoms with Crippen molar-refractivity contribution in [2.24, 2.45) is 17.6 Å². The summed E-state index contributed by atoms with van der Waals surface area (Å²) in [7, 11) is 1.55. The SMILES string of the molecule is COc1ccc(CN2C(=O)[C@H]3[C@@H](C2=O)[C@]2([NH2+][C@@H]3CC(N)=O)C(=O)Nc3c(C)cc(Cl)cc32)cc1. The molecule has 5 N–H and O–H groups in total. The second-order valence-electron chi connectivity index (χ2n) is 9.08. The molecule has 0 bridgehead atoms. The highest BCUT2D eigenvalue weighted by Crippen LogP contribution is 2.51. The average Bonchev–Trinajstić information content (AvgIpc) is 3.35. The van der Waals surface area contributed by atoms with Gasteiger partial charge < -0.3 is 21.1 Å². The molecule has 0 radical (unpaired) electrons. The van der Waals surface area contributed by atoms with E-state index >= 15 is 0 Å². The summed E-state index contributed by atoms with van der Waals surface area (Å²) in [5.74, 6) is -3.06. The molecule has 3 heterocycles. The van der Waals surface area contributed by atoms with Crippen molar-refractivity contribution in [3.05, 3.63) is 58.1 Å². The Morgan fingerprint density at radius 2 is 1.91 bits per heavy atom. The van der Waals surface area contributed by atoms with Crippen molar-refractivity contribution in [2.75, 3.05) is 12.4 Å². The fraction of sp³-hybridized carbons (Fsp3) is 0.333. The van der Waals surface area contributed by atoms with Crippen LogP contribution >= 0.6 is 11.6 Å². The Bertz CT molecular complexity index is 1250. The molecular formula is C24H24ClN4O5+. The van der Waals surface area contributed by atoms with Gasteiger partial charge in [-0.05, 0) is 42.3 Å². The molecule has 0 aliphatic carbocycles. The van der Waals surface area contributed by atoms with Gasteiger partial charge in [0.05, 0.1) is 25.8 Å². The lowest BCUT2D eigenvalue weighted by atomic mass is 9.76. The van der Waals surface area contributed by atoms with Gasteiger partial charge in [0, 0.05) is 10.6 Å². The largest absolute Gasteiger partial charge is 0.497 e. The van der Waals surface area contributed by atoms with Gasteiger partial charge in [-0.25, -0.2) is 0 Å². The number of hydrogen-bond donors (Lipinski definition) is 3. The highest BCUT2D eigenvalue weighted by atomic mass is 35.5. The number of aryl methyl sites for hydroxylation is 1. The van der Waals surface area contributed by atoms with E-state index in [9.17, 15) is 19.2 Å². The van der Waals surface area contributed by atoms with Crippen molar-refractivity contribution in [1.29, 1.82) is 0 Å². The average molecular weight is 484 g/mol. The fourth-order valence-electron chi connectivity index (χ4n) is 5.74. The molecule has 2 saturated heterocycles. The predicted molar refractivity (Wildman–Crippen MR) is 122 cm³/mol. The van der Waals surface area contributed by atoms with Gasteiger partial charge in [0.25, 0.3) is 5.91 Å². The summed E-state index contributed by atoms with van der Waals surface area (Å²) in [5, 5.41) is 4.97. The van der Waals surface area contributed by atoms with Crippen LogP contribution in [0.3, 0.4) is 0 Å². The minimum Gasteiger partial charge on any atom is -0.497 e. The Labute approximate surface area is 200 Å². The lowest BCUT2D eigenvalue weighted by Gasteiger charge is -2.26. The number of carbonyl (C=O) groups is 4. The number of methoxy groups -OCH3 is 1. The van der Waals surface area contributed by atoms with E-state index in [2.05, 4.69) is 5.32 Å². The molecule has 3 aliphatic heterocycles. The molecule has 0 saturated carbocycles. The summed E-state index contributed by atoms with van der Waals surface area (Å²) in [5.41, 5.74) is 6.70. The Morgan fingerprint density at radius 3 is 2.56 bits per heavy atom. The number of carbonyl (C=O) groups excluding carboxylic acids is 4. The quantitative estimate of drug-likeness (QED) is 0.530. The number of nitrogens with one attached hydrogen (secondary N) is 1. The number of ether oxygens (including phenoxy) is 1. The zero-order chi connectivity index (χ0) is 24.4. The maximum absolute atomic E-state index is 13.8. The Kier molecular flexibility index (Phi) is 5.14. The standard InChI is InChI=1S/C24H23ClN4O5/c1-11-7-13(25)8-15-20(11)27-23(33)24(15)19-18(16(28-24)9-17(26)30)21(31)29(22(19)32)10-12-3-5-14(34-2)6-4-12/h3-8,16,18-19,28H,9-10H2,1-2H3,(H2,26,30)(H,27,33)/p+1/t16-,18-,19+,24+/m1/s1. The van der Waals surface area contributed by atoms with Crippen LogP contribution in [0.15, 0.2) is 36.4 Å². The number of benzene rings is 2. The summed E-state index contributed by atoms with van der Waals surface area (Å²) in [4.78, 5) is 53.9. The molecule has 0 aromatic heterocycles. The summed E-state index contributed by atoms with van der Waals surface area (Å²) < 4.78 is 5.17.